The van der Waals surface area contributed by atoms with Crippen LogP contribution in [0.15, 0.2) is 18.3 Å². The van der Waals surface area contributed by atoms with E-state index in [1.54, 1.807) is 6.20 Å². The second-order valence-electron chi connectivity index (χ2n) is 3.74. The summed E-state index contributed by atoms with van der Waals surface area (Å²) in [4.78, 5) is 0. The van der Waals surface area contributed by atoms with Gasteiger partial charge in [-0.3, -0.25) is 0 Å². The largest absolute Gasteiger partial charge is 0.366 e. The van der Waals surface area contributed by atoms with Crippen LogP contribution >= 0.6 is 0 Å². The standard InChI is InChI=1S/C10H15N3O/c1-8-10(2,14-7-6-11-8)9-4-3-5-12-13-9/h3-5,8,11H,6-7H2,1-2H3. The zero-order valence-corrected chi connectivity index (χ0v) is 8.53. The minimum absolute atomic E-state index is 0.257. The minimum atomic E-state index is -0.355. The number of hydrogen-bond acceptors (Lipinski definition) is 4. The Morgan fingerprint density at radius 1 is 1.64 bits per heavy atom. The molecule has 0 spiro atoms. The van der Waals surface area contributed by atoms with Crippen molar-refractivity contribution in [3.05, 3.63) is 24.0 Å². The molecule has 2 rings (SSSR count). The molecule has 0 radical (unpaired) electrons. The van der Waals surface area contributed by atoms with Gasteiger partial charge in [0.2, 0.25) is 0 Å². The molecule has 1 aromatic heterocycles. The Bertz CT molecular complexity index is 303. The van der Waals surface area contributed by atoms with Crippen LogP contribution in [0.2, 0.25) is 0 Å². The second kappa shape index (κ2) is 3.63. The zero-order chi connectivity index (χ0) is 10.0. The fourth-order valence-electron chi connectivity index (χ4n) is 1.72. The lowest BCUT2D eigenvalue weighted by Crippen LogP contribution is -2.53. The number of hydrogen-bond donors (Lipinski definition) is 1. The van der Waals surface area contributed by atoms with Crippen molar-refractivity contribution in [3.8, 4) is 0 Å². The second-order valence-corrected chi connectivity index (χ2v) is 3.74. The first-order valence-corrected chi connectivity index (χ1v) is 4.89. The summed E-state index contributed by atoms with van der Waals surface area (Å²) in [5.74, 6) is 0. The van der Waals surface area contributed by atoms with Crippen molar-refractivity contribution in [2.75, 3.05) is 13.2 Å². The van der Waals surface area contributed by atoms with Crippen molar-refractivity contribution in [2.45, 2.75) is 25.5 Å². The van der Waals surface area contributed by atoms with Gasteiger partial charge in [0.05, 0.1) is 12.3 Å². The lowest BCUT2D eigenvalue weighted by Gasteiger charge is -2.39. The van der Waals surface area contributed by atoms with E-state index in [0.29, 0.717) is 0 Å². The molecule has 2 unspecified atom stereocenters. The molecule has 1 N–H and O–H groups in total. The first-order valence-electron chi connectivity index (χ1n) is 4.89. The van der Waals surface area contributed by atoms with Crippen molar-refractivity contribution in [1.29, 1.82) is 0 Å². The van der Waals surface area contributed by atoms with E-state index < -0.39 is 0 Å². The Hall–Kier alpha value is -1.00. The molecule has 1 aliphatic rings. The minimum Gasteiger partial charge on any atom is -0.366 e. The topological polar surface area (TPSA) is 47.0 Å². The fourth-order valence-corrected chi connectivity index (χ4v) is 1.72. The highest BCUT2D eigenvalue weighted by atomic mass is 16.5. The molecule has 14 heavy (non-hydrogen) atoms. The summed E-state index contributed by atoms with van der Waals surface area (Å²) in [5.41, 5.74) is 0.534. The summed E-state index contributed by atoms with van der Waals surface area (Å²) in [7, 11) is 0. The fraction of sp³-hybridized carbons (Fsp3) is 0.600. The Labute approximate surface area is 83.7 Å². The highest BCUT2D eigenvalue weighted by Crippen LogP contribution is 2.28. The molecule has 4 nitrogen and oxygen atoms in total. The van der Waals surface area contributed by atoms with E-state index in [4.69, 9.17) is 4.74 Å². The van der Waals surface area contributed by atoms with Crippen LogP contribution in [-0.4, -0.2) is 29.4 Å². The van der Waals surface area contributed by atoms with E-state index in [9.17, 15) is 0 Å². The monoisotopic (exact) mass is 193 g/mol. The Balaban J connectivity index is 2.30. The van der Waals surface area contributed by atoms with Crippen molar-refractivity contribution in [2.24, 2.45) is 0 Å². The number of nitrogens with one attached hydrogen (secondary N) is 1. The first-order chi connectivity index (χ1) is 6.73. The SMILES string of the molecule is CC1NCCOC1(C)c1cccnn1. The lowest BCUT2D eigenvalue weighted by molar-refractivity contribution is -0.0883. The van der Waals surface area contributed by atoms with Crippen LogP contribution in [0.1, 0.15) is 19.5 Å². The quantitative estimate of drug-likeness (QED) is 0.713. The van der Waals surface area contributed by atoms with Crippen LogP contribution < -0.4 is 5.32 Å². The van der Waals surface area contributed by atoms with E-state index >= 15 is 0 Å². The average molecular weight is 193 g/mol. The van der Waals surface area contributed by atoms with Crippen molar-refractivity contribution < 1.29 is 4.74 Å². The zero-order valence-electron chi connectivity index (χ0n) is 8.53. The first kappa shape index (κ1) is 9.55. The summed E-state index contributed by atoms with van der Waals surface area (Å²) >= 11 is 0. The Kier molecular flexibility index (Phi) is 2.48. The highest BCUT2D eigenvalue weighted by molar-refractivity contribution is 5.13. The molecular formula is C10H15N3O. The van der Waals surface area contributed by atoms with Gasteiger partial charge in [-0.2, -0.15) is 10.2 Å². The third kappa shape index (κ3) is 1.51. The molecule has 2 atom stereocenters. The molecule has 1 aliphatic heterocycles. The number of morpholine rings is 1. The average Bonchev–Trinajstić information content (AvgIpc) is 2.24. The summed E-state index contributed by atoms with van der Waals surface area (Å²) in [6.45, 7) is 5.77. The third-order valence-corrected chi connectivity index (χ3v) is 2.86. The maximum Gasteiger partial charge on any atom is 0.124 e. The van der Waals surface area contributed by atoms with Gasteiger partial charge in [-0.1, -0.05) is 0 Å². The third-order valence-electron chi connectivity index (χ3n) is 2.86. The van der Waals surface area contributed by atoms with E-state index in [0.717, 1.165) is 18.8 Å². The van der Waals surface area contributed by atoms with E-state index in [-0.39, 0.29) is 11.6 Å². The van der Waals surface area contributed by atoms with E-state index in [1.807, 2.05) is 19.1 Å². The van der Waals surface area contributed by atoms with Crippen molar-refractivity contribution in [1.82, 2.24) is 15.5 Å². The van der Waals surface area contributed by atoms with Crippen LogP contribution in [0.5, 0.6) is 0 Å². The van der Waals surface area contributed by atoms with Crippen LogP contribution in [0.25, 0.3) is 0 Å². The summed E-state index contributed by atoms with van der Waals surface area (Å²) in [6, 6.07) is 4.10. The van der Waals surface area contributed by atoms with Crippen LogP contribution in [0.3, 0.4) is 0 Å². The van der Waals surface area contributed by atoms with Gasteiger partial charge in [0.25, 0.3) is 0 Å². The van der Waals surface area contributed by atoms with E-state index in [1.165, 1.54) is 0 Å². The van der Waals surface area contributed by atoms with Gasteiger partial charge in [-0.15, -0.1) is 0 Å². The van der Waals surface area contributed by atoms with Crippen LogP contribution in [0.4, 0.5) is 0 Å². The number of aromatic nitrogens is 2. The molecule has 0 amide bonds. The molecule has 76 valence electrons. The van der Waals surface area contributed by atoms with Crippen molar-refractivity contribution >= 4 is 0 Å². The lowest BCUT2D eigenvalue weighted by atomic mass is 9.92. The molecule has 0 aliphatic carbocycles. The number of nitrogens with zero attached hydrogens (tertiary/aromatic N) is 2. The predicted molar refractivity (Wildman–Crippen MR) is 52.8 cm³/mol. The van der Waals surface area contributed by atoms with Gasteiger partial charge in [0.1, 0.15) is 5.60 Å². The molecule has 1 fully saturated rings. The van der Waals surface area contributed by atoms with Gasteiger partial charge >= 0.3 is 0 Å². The normalized spacial score (nSPS) is 32.9. The molecule has 1 aromatic rings. The van der Waals surface area contributed by atoms with Crippen LogP contribution in [0, 0.1) is 0 Å². The Morgan fingerprint density at radius 3 is 3.14 bits per heavy atom. The molecule has 0 aromatic carbocycles. The maximum atomic E-state index is 5.80. The Morgan fingerprint density at radius 2 is 2.50 bits per heavy atom. The molecular weight excluding hydrogens is 178 g/mol. The van der Waals surface area contributed by atoms with Gasteiger partial charge in [-0.05, 0) is 26.0 Å². The molecule has 4 heteroatoms. The smallest absolute Gasteiger partial charge is 0.124 e. The van der Waals surface area contributed by atoms with Gasteiger partial charge in [0.15, 0.2) is 0 Å². The van der Waals surface area contributed by atoms with Gasteiger partial charge in [0, 0.05) is 18.8 Å². The molecule has 0 saturated carbocycles. The van der Waals surface area contributed by atoms with Gasteiger partial charge in [-0.25, -0.2) is 0 Å². The summed E-state index contributed by atoms with van der Waals surface area (Å²) in [6.07, 6.45) is 1.67. The van der Waals surface area contributed by atoms with Crippen molar-refractivity contribution in [3.63, 3.8) is 0 Å². The number of ether oxygens (including phenoxy) is 1. The summed E-state index contributed by atoms with van der Waals surface area (Å²) in [5, 5.41) is 11.4. The van der Waals surface area contributed by atoms with Crippen LogP contribution in [-0.2, 0) is 10.3 Å². The van der Waals surface area contributed by atoms with E-state index in [2.05, 4.69) is 22.4 Å². The summed E-state index contributed by atoms with van der Waals surface area (Å²) < 4.78 is 5.80. The highest BCUT2D eigenvalue weighted by Gasteiger charge is 2.38. The predicted octanol–water partition coefficient (Wildman–Crippen LogP) is 0.700. The molecule has 1 saturated heterocycles. The maximum absolute atomic E-state index is 5.80. The molecule has 2 heterocycles. The number of rotatable bonds is 1. The van der Waals surface area contributed by atoms with Gasteiger partial charge < -0.3 is 10.1 Å². The molecule has 0 bridgehead atoms.